The predicted octanol–water partition coefficient (Wildman–Crippen LogP) is 4.05. The van der Waals surface area contributed by atoms with Crippen LogP contribution >= 0.6 is 0 Å². The molecule has 2 aliphatic heterocycles. The van der Waals surface area contributed by atoms with Gasteiger partial charge in [-0.2, -0.15) is 74.6 Å². The van der Waals surface area contributed by atoms with Crippen molar-refractivity contribution < 1.29 is 109 Å². The zero-order chi connectivity index (χ0) is 47.9. The Hall–Kier alpha value is -3.97. The highest BCUT2D eigenvalue weighted by Gasteiger charge is 2.95. The van der Waals surface area contributed by atoms with Crippen LogP contribution in [0.1, 0.15) is 51.2 Å². The first-order valence-electron chi connectivity index (χ1n) is 18.3. The Morgan fingerprint density at radius 1 is 0.841 bits per heavy atom. The molecule has 1 aromatic heterocycles. The minimum atomic E-state index is -8.85. The van der Waals surface area contributed by atoms with Gasteiger partial charge >= 0.3 is 65.4 Å². The van der Waals surface area contributed by atoms with Gasteiger partial charge in [0.2, 0.25) is 0 Å². The van der Waals surface area contributed by atoms with Gasteiger partial charge in [0.25, 0.3) is 5.56 Å². The molecule has 6 N–H and O–H groups in total. The summed E-state index contributed by atoms with van der Waals surface area (Å²) in [6, 6.07) is -9.90. The molecule has 31 heteroatoms. The van der Waals surface area contributed by atoms with Gasteiger partial charge in [-0.3, -0.25) is 19.1 Å². The molecule has 0 bridgehead atoms. The van der Waals surface area contributed by atoms with Gasteiger partial charge in [0.1, 0.15) is 24.9 Å². The number of ether oxygens (including phenoxy) is 3. The fraction of sp³-hybridized carbons (Fsp3) is 0.812. The van der Waals surface area contributed by atoms with Gasteiger partial charge < -0.3 is 35.1 Å². The topological polar surface area (TPSA) is 193 Å². The number of H-pyrrole nitrogens is 1. The van der Waals surface area contributed by atoms with E-state index < -0.39 is 134 Å². The number of hydrogen-bond donors (Lipinski definition) is 6. The molecule has 1 aromatic rings. The number of nitrogens with one attached hydrogen (secondary N) is 4. The molecule has 0 aromatic carbocycles. The van der Waals surface area contributed by atoms with E-state index in [4.69, 9.17) is 14.2 Å². The first-order valence-corrected chi connectivity index (χ1v) is 18.3. The molecular weight excluding hydrogens is 921 g/mol. The number of carbonyl (C=O) groups is 2. The van der Waals surface area contributed by atoms with Crippen LogP contribution in [0.15, 0.2) is 21.9 Å². The number of amides is 2. The summed E-state index contributed by atoms with van der Waals surface area (Å²) in [7, 11) is 0. The second kappa shape index (κ2) is 18.1. The number of esters is 1. The third kappa shape index (κ3) is 9.56. The number of urea groups is 1. The second-order valence-electron chi connectivity index (χ2n) is 14.8. The minimum Gasteiger partial charge on any atom is -0.464 e. The van der Waals surface area contributed by atoms with Crippen molar-refractivity contribution in [1.29, 1.82) is 0 Å². The van der Waals surface area contributed by atoms with E-state index in [0.717, 1.165) is 12.3 Å². The number of aromatic amines is 1. The lowest BCUT2D eigenvalue weighted by Gasteiger charge is -2.43. The maximum absolute atomic E-state index is 15.1. The van der Waals surface area contributed by atoms with Crippen molar-refractivity contribution in [3.05, 3.63) is 33.1 Å². The van der Waals surface area contributed by atoms with Gasteiger partial charge in [0.15, 0.2) is 6.23 Å². The van der Waals surface area contributed by atoms with Crippen LogP contribution in [0.25, 0.3) is 0 Å². The van der Waals surface area contributed by atoms with Crippen LogP contribution in [-0.4, -0.2) is 136 Å². The number of rotatable bonds is 21. The van der Waals surface area contributed by atoms with E-state index in [0.29, 0.717) is 23.8 Å². The van der Waals surface area contributed by atoms with Gasteiger partial charge in [0, 0.05) is 31.3 Å². The van der Waals surface area contributed by atoms with Gasteiger partial charge in [-0.05, 0) is 38.0 Å². The van der Waals surface area contributed by atoms with Crippen molar-refractivity contribution in [2.45, 2.75) is 135 Å². The Morgan fingerprint density at radius 3 is 2.00 bits per heavy atom. The smallest absolute Gasteiger partial charge is 0.460 e. The molecule has 63 heavy (non-hydrogen) atoms. The van der Waals surface area contributed by atoms with Crippen molar-refractivity contribution >= 4 is 12.0 Å². The van der Waals surface area contributed by atoms with Crippen molar-refractivity contribution in [2.75, 3.05) is 19.8 Å². The van der Waals surface area contributed by atoms with E-state index in [1.807, 2.05) is 0 Å². The Balaban J connectivity index is 1.54. The number of unbranched alkanes of at least 4 members (excludes halogenated alkanes) is 1. The average molecular weight is 958 g/mol. The fourth-order valence-corrected chi connectivity index (χ4v) is 7.04. The lowest BCUT2D eigenvalue weighted by molar-refractivity contribution is -0.463. The van der Waals surface area contributed by atoms with Gasteiger partial charge in [0.05, 0.1) is 18.7 Å². The summed E-state index contributed by atoms with van der Waals surface area (Å²) in [5, 5.41) is 25.8. The van der Waals surface area contributed by atoms with E-state index in [-0.39, 0.29) is 36.2 Å². The van der Waals surface area contributed by atoms with Crippen LogP contribution in [0.3, 0.4) is 0 Å². The third-order valence-corrected chi connectivity index (χ3v) is 10.6. The average Bonchev–Trinajstić information content (AvgIpc) is 3.82. The Bertz CT molecular complexity index is 1900. The molecule has 2 saturated heterocycles. The molecule has 3 aliphatic rings. The molecule has 362 valence electrons. The second-order valence-corrected chi connectivity index (χ2v) is 14.8. The zero-order valence-corrected chi connectivity index (χ0v) is 31.5. The minimum absolute atomic E-state index is 0.0197. The van der Waals surface area contributed by atoms with Crippen LogP contribution in [0.2, 0.25) is 0 Å². The SMILES string of the molecule is O=C1N[C@@H]2[C@H](CCCCC(=O)OC[C@H](CCOC3[C@@H](O)[C@@H](CO)O[C@H]3n3ccc(=O)[nH]c3=O)NC(F)(F)C(F)(F)C(F)(F)C(F)(F)C(F)(F)C(F)(F)C(F)(F)C(F)(F)F)CC[C@@H]2N1. The van der Waals surface area contributed by atoms with Crippen molar-refractivity contribution in [1.82, 2.24) is 25.5 Å². The van der Waals surface area contributed by atoms with Crippen LogP contribution in [0.5, 0.6) is 0 Å². The summed E-state index contributed by atoms with van der Waals surface area (Å²) < 4.78 is 253. The molecule has 4 rings (SSSR count). The van der Waals surface area contributed by atoms with Crippen LogP contribution in [0.4, 0.5) is 79.4 Å². The van der Waals surface area contributed by atoms with E-state index in [1.165, 1.54) is 0 Å². The maximum atomic E-state index is 15.1. The summed E-state index contributed by atoms with van der Waals surface area (Å²) >= 11 is 0. The van der Waals surface area contributed by atoms with E-state index in [1.54, 1.807) is 4.98 Å². The highest BCUT2D eigenvalue weighted by atomic mass is 19.4. The lowest BCUT2D eigenvalue weighted by atomic mass is 9.90. The molecule has 2 amide bonds. The summed E-state index contributed by atoms with van der Waals surface area (Å²) in [6.45, 7) is -3.89. The van der Waals surface area contributed by atoms with E-state index in [9.17, 15) is 95.2 Å². The van der Waals surface area contributed by atoms with Gasteiger partial charge in [-0.15, -0.1) is 0 Å². The highest BCUT2D eigenvalue weighted by Crippen LogP contribution is 2.63. The highest BCUT2D eigenvalue weighted by molar-refractivity contribution is 5.77. The molecule has 0 radical (unpaired) electrons. The van der Waals surface area contributed by atoms with E-state index in [2.05, 4.69) is 10.6 Å². The van der Waals surface area contributed by atoms with Gasteiger partial charge in [-0.25, -0.2) is 14.9 Å². The number of aliphatic hydroxyl groups excluding tert-OH is 2. The molecule has 3 heterocycles. The summed E-state index contributed by atoms with van der Waals surface area (Å²) in [4.78, 5) is 49.7. The van der Waals surface area contributed by atoms with E-state index >= 15 is 8.78 Å². The summed E-state index contributed by atoms with van der Waals surface area (Å²) in [6.07, 6.45) is -14.4. The molecule has 8 atom stereocenters. The first kappa shape index (κ1) is 51.7. The number of aliphatic hydroxyl groups is 2. The van der Waals surface area contributed by atoms with Gasteiger partial charge in [-0.1, -0.05) is 6.42 Å². The normalized spacial score (nSPS) is 25.8. The number of nitrogens with zero attached hydrogens (tertiary/aromatic N) is 1. The zero-order valence-electron chi connectivity index (χ0n) is 31.5. The molecule has 1 unspecified atom stereocenters. The van der Waals surface area contributed by atoms with Crippen LogP contribution < -0.4 is 27.2 Å². The Morgan fingerprint density at radius 2 is 1.43 bits per heavy atom. The largest absolute Gasteiger partial charge is 0.464 e. The van der Waals surface area contributed by atoms with Crippen LogP contribution in [-0.2, 0) is 19.0 Å². The summed E-state index contributed by atoms with van der Waals surface area (Å²) in [5.41, 5.74) is -2.20. The summed E-state index contributed by atoms with van der Waals surface area (Å²) in [5.74, 6) is -52.8. The Kier molecular flexibility index (Phi) is 14.9. The first-order chi connectivity index (χ1) is 28.7. The maximum Gasteiger partial charge on any atom is 0.460 e. The number of carbonyl (C=O) groups excluding carboxylic acids is 2. The van der Waals surface area contributed by atoms with Crippen LogP contribution in [0, 0.1) is 5.92 Å². The van der Waals surface area contributed by atoms with Crippen molar-refractivity contribution in [3.8, 4) is 0 Å². The van der Waals surface area contributed by atoms with Crippen molar-refractivity contribution in [3.63, 3.8) is 0 Å². The van der Waals surface area contributed by atoms with Crippen molar-refractivity contribution in [2.24, 2.45) is 5.92 Å². The fourth-order valence-electron chi connectivity index (χ4n) is 7.04. The number of aromatic nitrogens is 2. The number of alkyl halides is 17. The number of fused-ring (bicyclic) bond motifs is 1. The molecule has 14 nitrogen and oxygen atoms in total. The standard InChI is InChI=1S/C32H36F17N5O9/c33-25(34,27(37,38)29(41,42)31(45,46)47)26(35,36)28(39,40)30(43,44)32(48,49)53-14(12-62-18(57)4-2-1-3-13-5-6-15-19(13)52-23(59)50-15)8-10-61-21-20(58)16(11-55)63-22(21)54-9-7-17(56)51-24(54)60/h7,9,13-16,19-22,53,55,58H,1-6,8,10-12H2,(H2,50,52,59)(H,51,56,60)/t13-,14+,15+,16-,19-,20+,21?,22-/m1/s1. The monoisotopic (exact) mass is 957 g/mol. The third-order valence-electron chi connectivity index (χ3n) is 10.6. The molecule has 3 fully saturated rings. The molecule has 1 aliphatic carbocycles. The number of hydrogen-bond acceptors (Lipinski definition) is 10. The number of halogens is 17. The predicted molar refractivity (Wildman–Crippen MR) is 172 cm³/mol. The molecule has 0 spiro atoms. The quantitative estimate of drug-likeness (QED) is 0.0454. The Labute approximate surface area is 340 Å². The molecule has 1 saturated carbocycles. The lowest BCUT2D eigenvalue weighted by Crippen LogP contribution is -2.76. The molecular formula is C32H36F17N5O9.